The van der Waals surface area contributed by atoms with Gasteiger partial charge in [0, 0.05) is 0 Å². The summed E-state index contributed by atoms with van der Waals surface area (Å²) in [6, 6.07) is 33.7. The van der Waals surface area contributed by atoms with Gasteiger partial charge in [-0.3, -0.25) is 0 Å². The first kappa shape index (κ1) is 21.3. The molecule has 3 aromatic carbocycles. The van der Waals surface area contributed by atoms with Crippen LogP contribution in [0, 0.1) is 23.2 Å². The van der Waals surface area contributed by atoms with E-state index < -0.39 is 7.26 Å². The van der Waals surface area contributed by atoms with Crippen LogP contribution in [0.25, 0.3) is 0 Å². The molecule has 4 rings (SSSR count). The number of aliphatic hydroxyl groups excluding tert-OH is 1. The van der Waals surface area contributed by atoms with Crippen LogP contribution in [0.1, 0.15) is 27.2 Å². The predicted molar refractivity (Wildman–Crippen MR) is 133 cm³/mol. The normalized spacial score (nSPS) is 22.1. The van der Waals surface area contributed by atoms with Gasteiger partial charge in [0.1, 0.15) is 0 Å². The van der Waals surface area contributed by atoms with Crippen LogP contribution < -0.4 is 15.9 Å². The molecule has 2 heteroatoms. The molecule has 0 aliphatic heterocycles. The molecule has 0 saturated heterocycles. The fraction of sp³-hybridized carbons (Fsp3) is 0.357. The van der Waals surface area contributed by atoms with Gasteiger partial charge in [-0.15, -0.1) is 0 Å². The van der Waals surface area contributed by atoms with Crippen molar-refractivity contribution in [1.82, 2.24) is 0 Å². The summed E-state index contributed by atoms with van der Waals surface area (Å²) in [5.74, 6) is 1.68. The molecule has 0 spiro atoms. The Morgan fingerprint density at radius 2 is 1.20 bits per heavy atom. The maximum atomic E-state index is 9.80. The first-order valence-electron chi connectivity index (χ1n) is 11.3. The van der Waals surface area contributed by atoms with Crippen LogP contribution >= 0.6 is 7.26 Å². The van der Waals surface area contributed by atoms with Gasteiger partial charge in [0.15, 0.2) is 0 Å². The van der Waals surface area contributed by atoms with Gasteiger partial charge in [-0.25, -0.2) is 0 Å². The molecule has 1 fully saturated rings. The minimum absolute atomic E-state index is 0.207. The van der Waals surface area contributed by atoms with E-state index in [-0.39, 0.29) is 5.41 Å². The SMILES string of the molecule is CC(C[PH](c1ccccc1)(c1ccccc1)c1ccccc1)C1CC(CO)C1(C)C. The Bertz CT molecular complexity index is 839. The van der Waals surface area contributed by atoms with Crippen LogP contribution in [0.5, 0.6) is 0 Å². The second-order valence-electron chi connectivity index (χ2n) is 9.73. The van der Waals surface area contributed by atoms with Crippen LogP contribution in [0.3, 0.4) is 0 Å². The van der Waals surface area contributed by atoms with Crippen LogP contribution in [-0.2, 0) is 0 Å². The Hall–Kier alpha value is -1.95. The summed E-state index contributed by atoms with van der Waals surface area (Å²) in [5.41, 5.74) is 0.207. The molecule has 0 heterocycles. The predicted octanol–water partition coefficient (Wildman–Crippen LogP) is 5.00. The average molecular weight is 419 g/mol. The molecular formula is C28H35OP. The Morgan fingerprint density at radius 1 is 0.800 bits per heavy atom. The summed E-state index contributed by atoms with van der Waals surface area (Å²) < 4.78 is 0. The third-order valence-corrected chi connectivity index (χ3v) is 13.1. The summed E-state index contributed by atoms with van der Waals surface area (Å²) >= 11 is 0. The topological polar surface area (TPSA) is 20.2 Å². The molecule has 3 aromatic rings. The van der Waals surface area contributed by atoms with Gasteiger partial charge in [-0.1, -0.05) is 0 Å². The summed E-state index contributed by atoms with van der Waals surface area (Å²) in [6.45, 7) is 7.48. The Labute approximate surface area is 182 Å². The number of benzene rings is 3. The number of hydrogen-bond acceptors (Lipinski definition) is 1. The van der Waals surface area contributed by atoms with Crippen molar-refractivity contribution in [2.45, 2.75) is 27.2 Å². The van der Waals surface area contributed by atoms with E-state index in [2.05, 4.69) is 112 Å². The van der Waals surface area contributed by atoms with Crippen LogP contribution in [0.2, 0.25) is 0 Å². The molecule has 1 saturated carbocycles. The molecule has 0 bridgehead atoms. The third-order valence-electron chi connectivity index (χ3n) is 7.88. The number of aliphatic hydroxyl groups is 1. The first-order chi connectivity index (χ1) is 14.5. The number of hydrogen-bond donors (Lipinski definition) is 1. The van der Waals surface area contributed by atoms with E-state index in [1.165, 1.54) is 22.1 Å². The monoisotopic (exact) mass is 418 g/mol. The van der Waals surface area contributed by atoms with Gasteiger partial charge in [0.2, 0.25) is 0 Å². The second-order valence-corrected chi connectivity index (χ2v) is 13.7. The summed E-state index contributed by atoms with van der Waals surface area (Å²) in [5, 5.41) is 14.3. The standard InChI is InChI=1S/C28H35OP/c1-22(27-19-23(20-29)28(27,2)3)21-30(24-13-7-4-8-14-24,25-15-9-5-10-16-25)26-17-11-6-12-18-26/h4-18,22-23,27,29-30H,19-21H2,1-3H3. The molecule has 0 radical (unpaired) electrons. The molecule has 30 heavy (non-hydrogen) atoms. The Balaban J connectivity index is 1.84. The van der Waals surface area contributed by atoms with Crippen molar-refractivity contribution < 1.29 is 5.11 Å². The van der Waals surface area contributed by atoms with E-state index in [1.807, 2.05) is 0 Å². The average Bonchev–Trinajstić information content (AvgIpc) is 2.79. The molecule has 1 aliphatic carbocycles. The third kappa shape index (κ3) is 3.64. The fourth-order valence-corrected chi connectivity index (χ4v) is 11.2. The molecule has 1 N–H and O–H groups in total. The van der Waals surface area contributed by atoms with E-state index in [0.717, 1.165) is 6.42 Å². The summed E-state index contributed by atoms with van der Waals surface area (Å²) in [6.07, 6.45) is 2.34. The fourth-order valence-electron chi connectivity index (χ4n) is 5.98. The molecule has 1 nitrogen and oxygen atoms in total. The number of rotatable bonds is 7. The zero-order chi connectivity index (χ0) is 21.2. The van der Waals surface area contributed by atoms with Gasteiger partial charge in [-0.05, 0) is 0 Å². The molecule has 1 aliphatic rings. The van der Waals surface area contributed by atoms with Crippen molar-refractivity contribution in [2.75, 3.05) is 12.8 Å². The molecule has 0 aromatic heterocycles. The quantitative estimate of drug-likeness (QED) is 0.535. The van der Waals surface area contributed by atoms with E-state index in [9.17, 15) is 5.11 Å². The van der Waals surface area contributed by atoms with Crippen LogP contribution in [-0.4, -0.2) is 17.9 Å². The van der Waals surface area contributed by atoms with Crippen LogP contribution in [0.4, 0.5) is 0 Å². The molecule has 0 amide bonds. The maximum absolute atomic E-state index is 9.80. The first-order valence-corrected chi connectivity index (χ1v) is 13.5. The van der Waals surface area contributed by atoms with Crippen molar-refractivity contribution in [3.05, 3.63) is 91.0 Å². The van der Waals surface area contributed by atoms with Gasteiger partial charge in [-0.2, -0.15) is 0 Å². The van der Waals surface area contributed by atoms with E-state index in [4.69, 9.17) is 0 Å². The minimum atomic E-state index is -2.19. The molecule has 3 atom stereocenters. The van der Waals surface area contributed by atoms with Gasteiger partial charge < -0.3 is 0 Å². The van der Waals surface area contributed by atoms with Gasteiger partial charge in [0.05, 0.1) is 0 Å². The molecule has 3 unspecified atom stereocenters. The zero-order valence-electron chi connectivity index (χ0n) is 18.5. The summed E-state index contributed by atoms with van der Waals surface area (Å²) in [7, 11) is -2.19. The van der Waals surface area contributed by atoms with Crippen molar-refractivity contribution in [2.24, 2.45) is 23.2 Å². The van der Waals surface area contributed by atoms with Crippen molar-refractivity contribution in [3.8, 4) is 0 Å². The van der Waals surface area contributed by atoms with Crippen molar-refractivity contribution in [3.63, 3.8) is 0 Å². The van der Waals surface area contributed by atoms with E-state index in [1.54, 1.807) is 0 Å². The van der Waals surface area contributed by atoms with Crippen molar-refractivity contribution >= 4 is 23.2 Å². The Morgan fingerprint density at radius 3 is 1.53 bits per heavy atom. The van der Waals surface area contributed by atoms with E-state index >= 15 is 0 Å². The van der Waals surface area contributed by atoms with Crippen molar-refractivity contribution in [1.29, 1.82) is 0 Å². The zero-order valence-corrected chi connectivity index (χ0v) is 19.5. The summed E-state index contributed by atoms with van der Waals surface area (Å²) in [4.78, 5) is 0. The Kier molecular flexibility index (Phi) is 6.14. The molecular weight excluding hydrogens is 383 g/mol. The molecule has 158 valence electrons. The second kappa shape index (κ2) is 8.66. The van der Waals surface area contributed by atoms with Crippen LogP contribution in [0.15, 0.2) is 91.0 Å². The van der Waals surface area contributed by atoms with E-state index in [0.29, 0.717) is 24.4 Å². The van der Waals surface area contributed by atoms with Gasteiger partial charge in [0.25, 0.3) is 0 Å². The van der Waals surface area contributed by atoms with Gasteiger partial charge >= 0.3 is 182 Å².